The molecule has 4 saturated carbocycles. The van der Waals surface area contributed by atoms with Crippen LogP contribution in [0.5, 0.6) is 0 Å². The van der Waals surface area contributed by atoms with Gasteiger partial charge in [-0.25, -0.2) is 0 Å². The zero-order valence-corrected chi connectivity index (χ0v) is 19.6. The molecule has 2 nitrogen and oxygen atoms in total. The van der Waals surface area contributed by atoms with Crippen LogP contribution in [0.4, 0.5) is 0 Å². The smallest absolute Gasteiger partial charge is 0.125 e. The summed E-state index contributed by atoms with van der Waals surface area (Å²) in [7, 11) is 0. The number of nitrogens with zero attached hydrogens (tertiary/aromatic N) is 1. The molecule has 164 valence electrons. The summed E-state index contributed by atoms with van der Waals surface area (Å²) < 4.78 is 8.55. The minimum Gasteiger partial charge on any atom is -0.395 e. The van der Waals surface area contributed by atoms with E-state index in [0.717, 1.165) is 47.8 Å². The number of hydrogen-bond acceptors (Lipinski definition) is 2. The second kappa shape index (κ2) is 7.27. The summed E-state index contributed by atoms with van der Waals surface area (Å²) in [5.74, 6) is 6.26. The molecule has 0 radical (unpaired) electrons. The molecular formula is C27H45NO. The molecule has 0 aromatic carbocycles. The third kappa shape index (κ3) is 2.97. The Kier molecular flexibility index (Phi) is 4.80. The summed E-state index contributed by atoms with van der Waals surface area (Å²) in [5.41, 5.74) is 2.05. The molecule has 2 heteroatoms. The number of fused-ring (bicyclic) bond motifs is 7. The molecule has 29 heavy (non-hydrogen) atoms. The Labute approximate surface area is 181 Å². The molecule has 0 spiro atoms. The predicted molar refractivity (Wildman–Crippen MR) is 121 cm³/mol. The molecule has 0 aromatic rings. The van der Waals surface area contributed by atoms with E-state index in [-0.39, 0.29) is 11.3 Å². The standard InChI is InChI=1S/C27H45NO/c1-17(2)7-6-8-18(3)21-11-12-22-20-10-9-19-15-25-24(16-29-28-25)27(19,5)23(20)13-14-26(21,22)4/h17-24H,6-16H2,1-5H3/t18-,19+,20+,21-,22+,23+,24-,26-,27+/m1/s1/i16D/t16-,18-,19+,20+,21-,22+,23+,24-,26-,27+. The van der Waals surface area contributed by atoms with Crippen molar-refractivity contribution in [2.24, 2.45) is 63.3 Å². The van der Waals surface area contributed by atoms with Crippen molar-refractivity contribution in [2.45, 2.75) is 98.8 Å². The van der Waals surface area contributed by atoms with E-state index in [1.807, 2.05) is 0 Å². The lowest BCUT2D eigenvalue weighted by molar-refractivity contribution is -0.109. The minimum absolute atomic E-state index is 0.257. The zero-order chi connectivity index (χ0) is 21.3. The highest BCUT2D eigenvalue weighted by atomic mass is 16.6. The summed E-state index contributed by atoms with van der Waals surface area (Å²) in [6, 6.07) is 0. The quantitative estimate of drug-likeness (QED) is 0.473. The van der Waals surface area contributed by atoms with Gasteiger partial charge in [0.05, 0.1) is 7.08 Å². The van der Waals surface area contributed by atoms with E-state index in [1.165, 1.54) is 63.5 Å². The molecule has 0 aromatic heterocycles. The van der Waals surface area contributed by atoms with Gasteiger partial charge >= 0.3 is 0 Å². The van der Waals surface area contributed by atoms with Gasteiger partial charge < -0.3 is 4.84 Å². The number of rotatable bonds is 5. The Bertz CT molecular complexity index is 690. The highest BCUT2D eigenvalue weighted by Crippen LogP contribution is 2.70. The van der Waals surface area contributed by atoms with Crippen molar-refractivity contribution in [3.63, 3.8) is 0 Å². The highest BCUT2D eigenvalue weighted by molar-refractivity contribution is 5.90. The summed E-state index contributed by atoms with van der Waals surface area (Å²) in [6.07, 6.45) is 13.9. The van der Waals surface area contributed by atoms with Gasteiger partial charge in [-0.05, 0) is 97.2 Å². The topological polar surface area (TPSA) is 21.6 Å². The lowest BCUT2D eigenvalue weighted by Crippen LogP contribution is -2.53. The molecular weight excluding hydrogens is 354 g/mol. The van der Waals surface area contributed by atoms with Crippen LogP contribution in [-0.4, -0.2) is 12.3 Å². The first-order valence-corrected chi connectivity index (χ1v) is 12.9. The van der Waals surface area contributed by atoms with Crippen LogP contribution in [0.3, 0.4) is 0 Å². The second-order valence-corrected chi connectivity index (χ2v) is 12.6. The molecule has 0 N–H and O–H groups in total. The van der Waals surface area contributed by atoms with E-state index in [2.05, 4.69) is 39.8 Å². The van der Waals surface area contributed by atoms with Crippen LogP contribution in [0.2, 0.25) is 0 Å². The molecule has 5 aliphatic rings. The summed E-state index contributed by atoms with van der Waals surface area (Å²) >= 11 is 0. The van der Waals surface area contributed by atoms with E-state index in [9.17, 15) is 0 Å². The van der Waals surface area contributed by atoms with E-state index in [4.69, 9.17) is 6.21 Å². The second-order valence-electron chi connectivity index (χ2n) is 12.6. The van der Waals surface area contributed by atoms with Gasteiger partial charge in [-0.3, -0.25) is 0 Å². The van der Waals surface area contributed by atoms with Gasteiger partial charge in [0.2, 0.25) is 0 Å². The molecule has 1 aliphatic heterocycles. The molecule has 0 bridgehead atoms. The fourth-order valence-electron chi connectivity index (χ4n) is 9.52. The van der Waals surface area contributed by atoms with Gasteiger partial charge in [-0.1, -0.05) is 59.0 Å². The Hall–Kier alpha value is -0.530. The van der Waals surface area contributed by atoms with E-state index in [1.54, 1.807) is 0 Å². The fourth-order valence-corrected chi connectivity index (χ4v) is 9.52. The predicted octanol–water partition coefficient (Wildman–Crippen LogP) is 7.33. The molecule has 0 saturated heterocycles. The van der Waals surface area contributed by atoms with Crippen molar-refractivity contribution < 1.29 is 6.21 Å². The summed E-state index contributed by atoms with van der Waals surface area (Å²) in [6.45, 7) is 12.1. The third-order valence-corrected chi connectivity index (χ3v) is 11.0. The Morgan fingerprint density at radius 1 is 1.07 bits per heavy atom. The van der Waals surface area contributed by atoms with Gasteiger partial charge in [0, 0.05) is 5.92 Å². The maximum Gasteiger partial charge on any atom is 0.125 e. The summed E-state index contributed by atoms with van der Waals surface area (Å²) in [5, 5.41) is 4.37. The van der Waals surface area contributed by atoms with Gasteiger partial charge in [0.15, 0.2) is 0 Å². The molecule has 10 atom stereocenters. The highest BCUT2D eigenvalue weighted by Gasteiger charge is 2.64. The first-order chi connectivity index (χ1) is 14.3. The van der Waals surface area contributed by atoms with Crippen LogP contribution < -0.4 is 0 Å². The monoisotopic (exact) mass is 400 g/mol. The van der Waals surface area contributed by atoms with Crippen molar-refractivity contribution in [3.8, 4) is 0 Å². The minimum atomic E-state index is -0.445. The fraction of sp³-hybridized carbons (Fsp3) is 0.963. The normalized spacial score (nSPS) is 52.1. The Morgan fingerprint density at radius 2 is 1.90 bits per heavy atom. The maximum atomic E-state index is 8.55. The average Bonchev–Trinajstić information content (AvgIpc) is 3.32. The molecule has 5 rings (SSSR count). The van der Waals surface area contributed by atoms with Crippen molar-refractivity contribution in [1.29, 1.82) is 0 Å². The lowest BCUT2D eigenvalue weighted by Gasteiger charge is -2.59. The van der Waals surface area contributed by atoms with Crippen molar-refractivity contribution in [1.82, 2.24) is 0 Å². The first kappa shape index (κ1) is 19.2. The van der Waals surface area contributed by atoms with Gasteiger partial charge in [-0.15, -0.1) is 0 Å². The number of hydrogen-bond donors (Lipinski definition) is 0. The van der Waals surface area contributed by atoms with Gasteiger partial charge in [-0.2, -0.15) is 0 Å². The van der Waals surface area contributed by atoms with Crippen LogP contribution in [0.25, 0.3) is 0 Å². The number of oxime groups is 1. The van der Waals surface area contributed by atoms with Gasteiger partial charge in [0.1, 0.15) is 6.58 Å². The van der Waals surface area contributed by atoms with E-state index in [0.29, 0.717) is 5.41 Å². The SMILES string of the molecule is [2H][C@H]1ON=C2C[C@@H]3CC[C@H]4[C@@H]5CC[C@H]([C@H](C)CCCC(C)C)[C@@]5(C)CC[C@@H]4[C@@]3(C)[C@@H]21. The molecule has 4 fully saturated rings. The first-order valence-electron chi connectivity index (χ1n) is 13.5. The van der Waals surface area contributed by atoms with E-state index >= 15 is 0 Å². The molecule has 0 unspecified atom stereocenters. The van der Waals surface area contributed by atoms with Crippen LogP contribution in [0.15, 0.2) is 5.16 Å². The van der Waals surface area contributed by atoms with E-state index < -0.39 is 6.58 Å². The molecule has 0 amide bonds. The largest absolute Gasteiger partial charge is 0.395 e. The maximum absolute atomic E-state index is 8.55. The zero-order valence-electron chi connectivity index (χ0n) is 20.6. The molecule has 4 aliphatic carbocycles. The molecule has 1 heterocycles. The Balaban J connectivity index is 1.34. The van der Waals surface area contributed by atoms with Crippen molar-refractivity contribution >= 4 is 5.71 Å². The third-order valence-electron chi connectivity index (χ3n) is 11.0. The average molecular weight is 401 g/mol. The van der Waals surface area contributed by atoms with Crippen LogP contribution in [0, 0.1) is 58.2 Å². The van der Waals surface area contributed by atoms with Crippen molar-refractivity contribution in [2.75, 3.05) is 6.58 Å². The van der Waals surface area contributed by atoms with Crippen LogP contribution >= 0.6 is 0 Å². The van der Waals surface area contributed by atoms with Crippen LogP contribution in [-0.2, 0) is 4.84 Å². The van der Waals surface area contributed by atoms with Crippen molar-refractivity contribution in [3.05, 3.63) is 0 Å². The van der Waals surface area contributed by atoms with Gasteiger partial charge in [0.25, 0.3) is 0 Å². The Morgan fingerprint density at radius 3 is 2.69 bits per heavy atom. The summed E-state index contributed by atoms with van der Waals surface area (Å²) in [4.78, 5) is 5.48. The van der Waals surface area contributed by atoms with Crippen LogP contribution in [0.1, 0.15) is 100 Å². The lowest BCUT2D eigenvalue weighted by atomic mass is 9.46.